The van der Waals surface area contributed by atoms with Crippen molar-refractivity contribution in [1.29, 1.82) is 0 Å². The molecule has 0 aromatic carbocycles. The van der Waals surface area contributed by atoms with E-state index in [1.807, 2.05) is 0 Å². The zero-order valence-corrected chi connectivity index (χ0v) is 26.6. The number of rotatable bonds is 29. The van der Waals surface area contributed by atoms with Gasteiger partial charge in [-0.05, 0) is 25.7 Å². The van der Waals surface area contributed by atoms with E-state index in [1.54, 1.807) is 11.3 Å². The van der Waals surface area contributed by atoms with Gasteiger partial charge in [0.15, 0.2) is 6.20 Å². The van der Waals surface area contributed by atoms with E-state index in [0.29, 0.717) is 5.92 Å². The van der Waals surface area contributed by atoms with E-state index in [-0.39, 0.29) is 6.10 Å². The molecule has 1 aliphatic heterocycles. The fraction of sp³-hybridized carbons (Fsp3) is 0.912. The first-order valence-corrected chi connectivity index (χ1v) is 18.0. The maximum absolute atomic E-state index is 5.95. The van der Waals surface area contributed by atoms with Crippen LogP contribution in [0.4, 0.5) is 0 Å². The maximum atomic E-state index is 5.95. The van der Waals surface area contributed by atoms with Gasteiger partial charge in [0, 0.05) is 25.6 Å². The van der Waals surface area contributed by atoms with Crippen molar-refractivity contribution in [1.82, 2.24) is 0 Å². The molecular weight excluding hydrogens is 502 g/mol. The summed E-state index contributed by atoms with van der Waals surface area (Å²) < 4.78 is 20.1. The first-order chi connectivity index (χ1) is 19.4. The van der Waals surface area contributed by atoms with Crippen LogP contribution in [0.1, 0.15) is 148 Å². The highest BCUT2D eigenvalue weighted by molar-refractivity contribution is 7.07. The molecule has 0 aliphatic carbocycles. The molecule has 0 radical (unpaired) electrons. The summed E-state index contributed by atoms with van der Waals surface area (Å²) in [5, 5.41) is 2.14. The molecule has 2 rings (SSSR count). The topological polar surface area (TPSA) is 31.6 Å². The third kappa shape index (κ3) is 21.0. The van der Waals surface area contributed by atoms with Gasteiger partial charge in [0.25, 0.3) is 0 Å². The number of aromatic nitrogens is 1. The van der Waals surface area contributed by atoms with Crippen molar-refractivity contribution < 1.29 is 18.8 Å². The Bertz CT molecular complexity index is 612. The Morgan fingerprint density at radius 2 is 1.18 bits per heavy atom. The minimum atomic E-state index is 0.278. The molecule has 1 aliphatic rings. The lowest BCUT2D eigenvalue weighted by Crippen LogP contribution is -2.29. The van der Waals surface area contributed by atoms with Crippen molar-refractivity contribution in [2.45, 2.75) is 161 Å². The Kier molecular flexibility index (Phi) is 23.5. The number of hydrogen-bond acceptors (Lipinski definition) is 4. The quantitative estimate of drug-likeness (QED) is 0.0714. The van der Waals surface area contributed by atoms with Crippen LogP contribution in [0, 0.1) is 5.92 Å². The highest BCUT2D eigenvalue weighted by Crippen LogP contribution is 2.21. The van der Waals surface area contributed by atoms with Crippen LogP contribution in [0.3, 0.4) is 0 Å². The summed E-state index contributed by atoms with van der Waals surface area (Å²) >= 11 is 1.77. The number of ether oxygens (including phenoxy) is 3. The van der Waals surface area contributed by atoms with E-state index < -0.39 is 0 Å². The van der Waals surface area contributed by atoms with Crippen molar-refractivity contribution in [3.8, 4) is 0 Å². The SMILES string of the molecule is CCCCCCCCCCCCCCCCCCOC[C@H]1C[C@H](COCCCCCCC[n+]2ccsc2)CO1. The van der Waals surface area contributed by atoms with Crippen LogP contribution < -0.4 is 4.57 Å². The zero-order valence-electron chi connectivity index (χ0n) is 25.8. The summed E-state index contributed by atoms with van der Waals surface area (Å²) in [7, 11) is 0. The Hall–Kier alpha value is -0.490. The van der Waals surface area contributed by atoms with Gasteiger partial charge in [-0.1, -0.05) is 127 Å². The molecule has 0 saturated carbocycles. The van der Waals surface area contributed by atoms with Gasteiger partial charge in [-0.2, -0.15) is 4.57 Å². The second kappa shape index (κ2) is 26.4. The smallest absolute Gasteiger partial charge is 0.224 e. The normalized spacial score (nSPS) is 17.4. The predicted octanol–water partition coefficient (Wildman–Crippen LogP) is 9.69. The van der Waals surface area contributed by atoms with Crippen LogP contribution in [0.5, 0.6) is 0 Å². The van der Waals surface area contributed by atoms with Gasteiger partial charge in [-0.25, -0.2) is 0 Å². The number of thiazole rings is 1. The lowest BCUT2D eigenvalue weighted by Gasteiger charge is -2.11. The largest absolute Gasteiger partial charge is 0.381 e. The maximum Gasteiger partial charge on any atom is 0.224 e. The van der Waals surface area contributed by atoms with Crippen LogP contribution in [0.15, 0.2) is 17.1 Å². The standard InChI is InChI=1S/C34H64NO3S/c1-2-3-4-5-6-7-8-9-10-11-12-13-14-15-18-22-26-37-31-34-28-33(30-38-34)29-36-25-21-19-16-17-20-23-35-24-27-39-32-35/h24,27,32-34H,2-23,25-26,28-31H2,1H3/q+1/t33-,34-/m1/s1. The predicted molar refractivity (Wildman–Crippen MR) is 167 cm³/mol. The van der Waals surface area contributed by atoms with Gasteiger partial charge in [-0.3, -0.25) is 0 Å². The van der Waals surface area contributed by atoms with E-state index >= 15 is 0 Å². The summed E-state index contributed by atoms with van der Waals surface area (Å²) in [4.78, 5) is 0. The monoisotopic (exact) mass is 566 g/mol. The van der Waals surface area contributed by atoms with Gasteiger partial charge < -0.3 is 14.2 Å². The lowest BCUT2D eigenvalue weighted by molar-refractivity contribution is -0.692. The van der Waals surface area contributed by atoms with E-state index in [2.05, 4.69) is 28.6 Å². The number of nitrogens with zero attached hydrogens (tertiary/aromatic N) is 1. The molecule has 1 saturated heterocycles. The van der Waals surface area contributed by atoms with Crippen LogP contribution in [0.25, 0.3) is 0 Å². The summed E-state index contributed by atoms with van der Waals surface area (Å²) in [6, 6.07) is 0. The molecule has 0 spiro atoms. The summed E-state index contributed by atoms with van der Waals surface area (Å²) in [5.74, 6) is 0.553. The summed E-state index contributed by atoms with van der Waals surface area (Å²) in [5.41, 5.74) is 2.19. The van der Waals surface area contributed by atoms with Gasteiger partial charge in [0.1, 0.15) is 6.54 Å². The second-order valence-corrected chi connectivity index (χ2v) is 12.8. The molecule has 0 unspecified atom stereocenters. The number of hydrogen-bond donors (Lipinski definition) is 0. The Labute approximate surface area is 246 Å². The lowest BCUT2D eigenvalue weighted by atomic mass is 10.0. The molecular formula is C34H64NO3S+. The fourth-order valence-corrected chi connectivity index (χ4v) is 6.28. The molecule has 2 heterocycles. The Morgan fingerprint density at radius 1 is 0.667 bits per heavy atom. The van der Waals surface area contributed by atoms with Crippen molar-refractivity contribution in [2.24, 2.45) is 5.92 Å². The molecule has 5 heteroatoms. The average molecular weight is 567 g/mol. The van der Waals surface area contributed by atoms with Crippen molar-refractivity contribution >= 4 is 11.3 Å². The highest BCUT2D eigenvalue weighted by atomic mass is 32.1. The average Bonchev–Trinajstić information content (AvgIpc) is 3.64. The van der Waals surface area contributed by atoms with Crippen LogP contribution >= 0.6 is 11.3 Å². The minimum Gasteiger partial charge on any atom is -0.381 e. The molecule has 2 atom stereocenters. The molecule has 1 aromatic heterocycles. The molecule has 228 valence electrons. The minimum absolute atomic E-state index is 0.278. The summed E-state index contributed by atoms with van der Waals surface area (Å²) in [6.45, 7) is 7.70. The van der Waals surface area contributed by atoms with E-state index in [9.17, 15) is 0 Å². The van der Waals surface area contributed by atoms with E-state index in [0.717, 1.165) is 46.0 Å². The number of aryl methyl sites for hydroxylation is 1. The van der Waals surface area contributed by atoms with Crippen LogP contribution in [-0.2, 0) is 20.8 Å². The molecule has 4 nitrogen and oxygen atoms in total. The van der Waals surface area contributed by atoms with Crippen molar-refractivity contribution in [3.63, 3.8) is 0 Å². The number of unbranched alkanes of at least 4 members (excludes halogenated alkanes) is 19. The third-order valence-electron chi connectivity index (χ3n) is 8.20. The molecule has 0 N–H and O–H groups in total. The van der Waals surface area contributed by atoms with Crippen molar-refractivity contribution in [2.75, 3.05) is 33.0 Å². The Balaban J connectivity index is 1.23. The fourth-order valence-electron chi connectivity index (χ4n) is 5.65. The van der Waals surface area contributed by atoms with Crippen LogP contribution in [0.2, 0.25) is 0 Å². The second-order valence-electron chi connectivity index (χ2n) is 12.0. The van der Waals surface area contributed by atoms with Gasteiger partial charge in [0.05, 0.1) is 31.3 Å². The third-order valence-corrected chi connectivity index (χ3v) is 8.87. The van der Waals surface area contributed by atoms with Crippen LogP contribution in [-0.4, -0.2) is 39.1 Å². The zero-order chi connectivity index (χ0) is 27.5. The van der Waals surface area contributed by atoms with E-state index in [4.69, 9.17) is 14.2 Å². The first kappa shape index (κ1) is 34.7. The molecule has 0 amide bonds. The summed E-state index contributed by atoms with van der Waals surface area (Å²) in [6.07, 6.45) is 32.5. The van der Waals surface area contributed by atoms with Crippen molar-refractivity contribution in [3.05, 3.63) is 17.1 Å². The highest BCUT2D eigenvalue weighted by Gasteiger charge is 2.25. The molecule has 1 fully saturated rings. The van der Waals surface area contributed by atoms with Gasteiger partial charge in [0.2, 0.25) is 5.51 Å². The van der Waals surface area contributed by atoms with Gasteiger partial charge in [-0.15, -0.1) is 0 Å². The first-order valence-electron chi connectivity index (χ1n) is 17.1. The molecule has 39 heavy (non-hydrogen) atoms. The van der Waals surface area contributed by atoms with Gasteiger partial charge >= 0.3 is 0 Å². The molecule has 1 aromatic rings. The van der Waals surface area contributed by atoms with E-state index in [1.165, 1.54) is 135 Å². The Morgan fingerprint density at radius 3 is 1.72 bits per heavy atom. The molecule has 0 bridgehead atoms.